The van der Waals surface area contributed by atoms with Crippen LogP contribution < -0.4 is 10.6 Å². The molecule has 0 aliphatic heterocycles. The van der Waals surface area contributed by atoms with Crippen LogP contribution in [0.4, 0.5) is 5.82 Å². The monoisotopic (exact) mass is 295 g/mol. The van der Waals surface area contributed by atoms with E-state index in [9.17, 15) is 0 Å². The zero-order chi connectivity index (χ0) is 15.3. The summed E-state index contributed by atoms with van der Waals surface area (Å²) in [7, 11) is 2.13. The summed E-state index contributed by atoms with van der Waals surface area (Å²) in [5.41, 5.74) is 8.15. The number of nitrogens with zero attached hydrogens (tertiary/aromatic N) is 2. The fraction of sp³-hybridized carbons (Fsp3) is 0.688. The van der Waals surface area contributed by atoms with Crippen LogP contribution in [-0.2, 0) is 12.0 Å². The van der Waals surface area contributed by atoms with E-state index < -0.39 is 0 Å². The van der Waals surface area contributed by atoms with Crippen LogP contribution in [0.1, 0.15) is 45.4 Å². The zero-order valence-corrected chi connectivity index (χ0v) is 14.5. The normalized spacial score (nSPS) is 13.3. The summed E-state index contributed by atoms with van der Waals surface area (Å²) in [6.45, 7) is 9.39. The molecular formula is C16H29N3S. The van der Waals surface area contributed by atoms with Crippen LogP contribution in [0.15, 0.2) is 12.1 Å². The van der Waals surface area contributed by atoms with E-state index in [1.807, 2.05) is 11.8 Å². The summed E-state index contributed by atoms with van der Waals surface area (Å²) in [5.74, 6) is 2.21. The van der Waals surface area contributed by atoms with Crippen molar-refractivity contribution in [1.82, 2.24) is 4.98 Å². The van der Waals surface area contributed by atoms with Crippen molar-refractivity contribution in [3.05, 3.63) is 23.4 Å². The van der Waals surface area contributed by atoms with Crippen molar-refractivity contribution in [2.45, 2.75) is 52.1 Å². The molecule has 20 heavy (non-hydrogen) atoms. The lowest BCUT2D eigenvalue weighted by Gasteiger charge is -2.28. The average molecular weight is 295 g/mol. The van der Waals surface area contributed by atoms with Gasteiger partial charge in [0.05, 0.1) is 0 Å². The molecule has 0 saturated carbocycles. The Balaban J connectivity index is 3.04. The Labute approximate surface area is 128 Å². The smallest absolute Gasteiger partial charge is 0.129 e. The van der Waals surface area contributed by atoms with Crippen LogP contribution in [0.3, 0.4) is 0 Å². The molecule has 0 spiro atoms. The summed E-state index contributed by atoms with van der Waals surface area (Å²) in [4.78, 5) is 7.11. The Bertz CT molecular complexity index is 426. The van der Waals surface area contributed by atoms with E-state index in [1.165, 1.54) is 5.75 Å². The van der Waals surface area contributed by atoms with Crippen molar-refractivity contribution < 1.29 is 0 Å². The van der Waals surface area contributed by atoms with Gasteiger partial charge in [-0.15, -0.1) is 0 Å². The van der Waals surface area contributed by atoms with E-state index in [0.29, 0.717) is 12.6 Å². The molecule has 0 bridgehead atoms. The van der Waals surface area contributed by atoms with Gasteiger partial charge in [-0.05, 0) is 43.0 Å². The van der Waals surface area contributed by atoms with Gasteiger partial charge in [0.1, 0.15) is 5.82 Å². The fourth-order valence-electron chi connectivity index (χ4n) is 1.96. The van der Waals surface area contributed by atoms with Crippen molar-refractivity contribution in [1.29, 1.82) is 0 Å². The van der Waals surface area contributed by atoms with Crippen LogP contribution in [0, 0.1) is 0 Å². The summed E-state index contributed by atoms with van der Waals surface area (Å²) >= 11 is 1.89. The first-order valence-electron chi connectivity index (χ1n) is 7.23. The Kier molecular flexibility index (Phi) is 6.34. The second kappa shape index (κ2) is 7.32. The van der Waals surface area contributed by atoms with Crippen LogP contribution in [-0.4, -0.2) is 30.1 Å². The SMILES string of the molecule is CSCCC(C)N(C)c1cc(CN)cc(C(C)(C)C)n1. The minimum Gasteiger partial charge on any atom is -0.357 e. The van der Waals surface area contributed by atoms with Crippen molar-refractivity contribution in [3.8, 4) is 0 Å². The Morgan fingerprint density at radius 1 is 1.35 bits per heavy atom. The molecule has 114 valence electrons. The molecule has 1 aromatic rings. The number of thioether (sulfide) groups is 1. The molecule has 1 atom stereocenters. The van der Waals surface area contributed by atoms with Crippen LogP contribution in [0.2, 0.25) is 0 Å². The number of pyridine rings is 1. The predicted molar refractivity (Wildman–Crippen MR) is 91.7 cm³/mol. The summed E-state index contributed by atoms with van der Waals surface area (Å²) < 4.78 is 0. The van der Waals surface area contributed by atoms with Crippen LogP contribution in [0.5, 0.6) is 0 Å². The van der Waals surface area contributed by atoms with Crippen molar-refractivity contribution >= 4 is 17.6 Å². The molecule has 1 unspecified atom stereocenters. The van der Waals surface area contributed by atoms with Gasteiger partial charge in [0.15, 0.2) is 0 Å². The third-order valence-corrected chi connectivity index (χ3v) is 4.28. The molecule has 0 saturated heterocycles. The van der Waals surface area contributed by atoms with Crippen molar-refractivity contribution in [2.75, 3.05) is 24.0 Å². The highest BCUT2D eigenvalue weighted by Crippen LogP contribution is 2.25. The minimum atomic E-state index is 0.0449. The molecule has 1 heterocycles. The van der Waals surface area contributed by atoms with Gasteiger partial charge < -0.3 is 10.6 Å². The zero-order valence-electron chi connectivity index (χ0n) is 13.7. The fourth-order valence-corrected chi connectivity index (χ4v) is 2.54. The molecule has 0 aromatic carbocycles. The maximum absolute atomic E-state index is 5.84. The molecule has 2 N–H and O–H groups in total. The first kappa shape index (κ1) is 17.3. The van der Waals surface area contributed by atoms with Gasteiger partial charge in [-0.1, -0.05) is 20.8 Å². The van der Waals surface area contributed by atoms with E-state index in [-0.39, 0.29) is 5.41 Å². The molecule has 4 heteroatoms. The first-order valence-corrected chi connectivity index (χ1v) is 8.62. The predicted octanol–water partition coefficient (Wildman–Crippen LogP) is 3.42. The van der Waals surface area contributed by atoms with E-state index in [0.717, 1.165) is 23.5 Å². The third-order valence-electron chi connectivity index (χ3n) is 3.64. The molecule has 0 radical (unpaired) electrons. The van der Waals surface area contributed by atoms with E-state index >= 15 is 0 Å². The van der Waals surface area contributed by atoms with Gasteiger partial charge in [0.25, 0.3) is 0 Å². The van der Waals surface area contributed by atoms with Gasteiger partial charge in [-0.3, -0.25) is 0 Å². The van der Waals surface area contributed by atoms with Gasteiger partial charge in [0, 0.05) is 30.7 Å². The maximum Gasteiger partial charge on any atom is 0.129 e. The van der Waals surface area contributed by atoms with E-state index in [4.69, 9.17) is 10.7 Å². The second-order valence-electron chi connectivity index (χ2n) is 6.41. The highest BCUT2D eigenvalue weighted by molar-refractivity contribution is 7.98. The van der Waals surface area contributed by atoms with Gasteiger partial charge in [-0.25, -0.2) is 4.98 Å². The Hall–Kier alpha value is -0.740. The molecule has 3 nitrogen and oxygen atoms in total. The molecular weight excluding hydrogens is 266 g/mol. The third kappa shape index (κ3) is 4.67. The van der Waals surface area contributed by atoms with Crippen molar-refractivity contribution in [3.63, 3.8) is 0 Å². The number of hydrogen-bond donors (Lipinski definition) is 1. The highest BCUT2D eigenvalue weighted by Gasteiger charge is 2.19. The number of anilines is 1. The van der Waals surface area contributed by atoms with Gasteiger partial charge in [0.2, 0.25) is 0 Å². The summed E-state index contributed by atoms with van der Waals surface area (Å²) in [5, 5.41) is 0. The van der Waals surface area contributed by atoms with Gasteiger partial charge >= 0.3 is 0 Å². The maximum atomic E-state index is 5.84. The highest BCUT2D eigenvalue weighted by atomic mass is 32.2. The van der Waals surface area contributed by atoms with E-state index in [2.05, 4.69) is 58.0 Å². The van der Waals surface area contributed by atoms with Crippen molar-refractivity contribution in [2.24, 2.45) is 5.73 Å². The second-order valence-corrected chi connectivity index (χ2v) is 7.40. The number of hydrogen-bond acceptors (Lipinski definition) is 4. The van der Waals surface area contributed by atoms with Crippen LogP contribution >= 0.6 is 11.8 Å². The lowest BCUT2D eigenvalue weighted by molar-refractivity contribution is 0.564. The first-order chi connectivity index (χ1) is 9.29. The lowest BCUT2D eigenvalue weighted by atomic mass is 9.90. The molecule has 1 aromatic heterocycles. The topological polar surface area (TPSA) is 42.1 Å². The molecule has 0 aliphatic rings. The minimum absolute atomic E-state index is 0.0449. The number of nitrogens with two attached hydrogens (primary N) is 1. The summed E-state index contributed by atoms with van der Waals surface area (Å²) in [6.07, 6.45) is 3.31. The Morgan fingerprint density at radius 3 is 2.50 bits per heavy atom. The molecule has 0 aliphatic carbocycles. The molecule has 0 fully saturated rings. The summed E-state index contributed by atoms with van der Waals surface area (Å²) in [6, 6.07) is 4.73. The number of rotatable bonds is 6. The molecule has 0 amide bonds. The van der Waals surface area contributed by atoms with Gasteiger partial charge in [-0.2, -0.15) is 11.8 Å². The lowest BCUT2D eigenvalue weighted by Crippen LogP contribution is -2.31. The van der Waals surface area contributed by atoms with Crippen LogP contribution in [0.25, 0.3) is 0 Å². The Morgan fingerprint density at radius 2 is 2.00 bits per heavy atom. The molecule has 1 rings (SSSR count). The quantitative estimate of drug-likeness (QED) is 0.873. The van der Waals surface area contributed by atoms with E-state index in [1.54, 1.807) is 0 Å². The average Bonchev–Trinajstić information content (AvgIpc) is 2.42. The number of aromatic nitrogens is 1. The standard InChI is InChI=1S/C16H29N3S/c1-12(7-8-20-6)19(5)15-10-13(11-17)9-14(18-15)16(2,3)4/h9-10,12H,7-8,11,17H2,1-6H3. The largest absolute Gasteiger partial charge is 0.357 e.